The highest BCUT2D eigenvalue weighted by atomic mass is 79.9. The molecule has 0 unspecified atom stereocenters. The van der Waals surface area contributed by atoms with Gasteiger partial charge in [0, 0.05) is 11.0 Å². The van der Waals surface area contributed by atoms with Crippen LogP contribution in [0.15, 0.2) is 22.7 Å². The van der Waals surface area contributed by atoms with Crippen molar-refractivity contribution in [1.29, 1.82) is 0 Å². The monoisotopic (exact) mass is 330 g/mol. The maximum Gasteiger partial charge on any atom is 0.253 e. The Morgan fingerprint density at radius 3 is 2.67 bits per heavy atom. The van der Waals surface area contributed by atoms with Gasteiger partial charge in [-0.25, -0.2) is 0 Å². The molecule has 0 spiro atoms. The molecule has 1 amide bonds. The summed E-state index contributed by atoms with van der Waals surface area (Å²) in [5.41, 5.74) is 6.06. The van der Waals surface area contributed by atoms with Crippen LogP contribution in [0.5, 0.6) is 0 Å². The molecule has 0 aromatic heterocycles. The van der Waals surface area contributed by atoms with Crippen molar-refractivity contribution in [2.24, 2.45) is 5.73 Å². The van der Waals surface area contributed by atoms with Crippen LogP contribution < -0.4 is 11.1 Å². The number of amides is 1. The van der Waals surface area contributed by atoms with E-state index in [0.717, 1.165) is 30.2 Å². The number of benzene rings is 1. The molecule has 0 heterocycles. The zero-order valence-electron chi connectivity index (χ0n) is 10.0. The van der Waals surface area contributed by atoms with Crippen LogP contribution in [0, 0.1) is 0 Å². The van der Waals surface area contributed by atoms with Crippen molar-refractivity contribution >= 4 is 33.4 Å². The third-order valence-corrected chi connectivity index (χ3v) is 4.31. The van der Waals surface area contributed by atoms with Crippen LogP contribution in [-0.2, 0) is 0 Å². The molecule has 0 saturated heterocycles. The zero-order valence-corrected chi connectivity index (χ0v) is 12.4. The van der Waals surface area contributed by atoms with Crippen molar-refractivity contribution < 1.29 is 4.79 Å². The first-order valence-corrected chi connectivity index (χ1v) is 7.21. The van der Waals surface area contributed by atoms with Crippen LogP contribution in [0.1, 0.15) is 36.0 Å². The highest BCUT2D eigenvalue weighted by molar-refractivity contribution is 9.10. The van der Waals surface area contributed by atoms with Gasteiger partial charge in [0.1, 0.15) is 0 Å². The van der Waals surface area contributed by atoms with E-state index < -0.39 is 0 Å². The lowest BCUT2D eigenvalue weighted by Crippen LogP contribution is -2.51. The lowest BCUT2D eigenvalue weighted by atomic mass is 9.97. The third-order valence-electron chi connectivity index (χ3n) is 3.51. The molecule has 1 aromatic rings. The number of carbonyl (C=O) groups excluding carboxylic acids is 1. The van der Waals surface area contributed by atoms with Gasteiger partial charge in [0.05, 0.1) is 16.1 Å². The number of nitrogens with two attached hydrogens (primary N) is 1. The molecular weight excluding hydrogens is 316 g/mol. The first kappa shape index (κ1) is 13.8. The highest BCUT2D eigenvalue weighted by Gasteiger charge is 2.34. The predicted molar refractivity (Wildman–Crippen MR) is 76.9 cm³/mol. The van der Waals surface area contributed by atoms with Gasteiger partial charge in [-0.15, -0.1) is 0 Å². The van der Waals surface area contributed by atoms with Crippen molar-refractivity contribution in [2.45, 2.75) is 31.2 Å². The molecule has 1 aromatic carbocycles. The van der Waals surface area contributed by atoms with Gasteiger partial charge in [-0.3, -0.25) is 4.79 Å². The quantitative estimate of drug-likeness (QED) is 0.894. The standard InChI is InChI=1S/C13H16BrClN2O/c14-9-3-4-10(11(15)7-9)12(18)17-13(8-16)5-1-2-6-13/h3-4,7H,1-2,5-6,8,16H2,(H,17,18). The minimum atomic E-state index is -0.243. The van der Waals surface area contributed by atoms with E-state index in [2.05, 4.69) is 21.2 Å². The molecule has 0 atom stereocenters. The van der Waals surface area contributed by atoms with Gasteiger partial charge in [0.25, 0.3) is 5.91 Å². The summed E-state index contributed by atoms with van der Waals surface area (Å²) in [5, 5.41) is 3.51. The molecule has 3 N–H and O–H groups in total. The Morgan fingerprint density at radius 1 is 1.44 bits per heavy atom. The molecule has 1 aliphatic rings. The number of halogens is 2. The number of nitrogens with one attached hydrogen (secondary N) is 1. The first-order valence-electron chi connectivity index (χ1n) is 6.04. The molecular formula is C13H16BrClN2O. The minimum absolute atomic E-state index is 0.139. The van der Waals surface area contributed by atoms with Gasteiger partial charge >= 0.3 is 0 Å². The molecule has 0 bridgehead atoms. The molecule has 3 nitrogen and oxygen atoms in total. The van der Waals surface area contributed by atoms with Gasteiger partial charge in [-0.1, -0.05) is 40.4 Å². The summed E-state index contributed by atoms with van der Waals surface area (Å²) >= 11 is 9.40. The van der Waals surface area contributed by atoms with Gasteiger partial charge in [0.2, 0.25) is 0 Å². The summed E-state index contributed by atoms with van der Waals surface area (Å²) in [7, 11) is 0. The lowest BCUT2D eigenvalue weighted by Gasteiger charge is -2.28. The summed E-state index contributed by atoms with van der Waals surface area (Å²) in [4.78, 5) is 12.2. The van der Waals surface area contributed by atoms with E-state index in [1.165, 1.54) is 0 Å². The molecule has 0 aliphatic heterocycles. The van der Waals surface area contributed by atoms with Gasteiger partial charge < -0.3 is 11.1 Å². The van der Waals surface area contributed by atoms with E-state index in [0.29, 0.717) is 17.1 Å². The van der Waals surface area contributed by atoms with Crippen molar-refractivity contribution in [1.82, 2.24) is 5.32 Å². The van der Waals surface area contributed by atoms with Crippen LogP contribution >= 0.6 is 27.5 Å². The van der Waals surface area contributed by atoms with Crippen LogP contribution in [0.2, 0.25) is 5.02 Å². The van der Waals surface area contributed by atoms with Gasteiger partial charge in [-0.05, 0) is 31.0 Å². The van der Waals surface area contributed by atoms with Crippen LogP contribution in [-0.4, -0.2) is 18.0 Å². The van der Waals surface area contributed by atoms with E-state index in [9.17, 15) is 4.79 Å². The Labute approximate surface area is 120 Å². The fraction of sp³-hybridized carbons (Fsp3) is 0.462. The maximum atomic E-state index is 12.2. The zero-order chi connectivity index (χ0) is 13.2. The fourth-order valence-electron chi connectivity index (χ4n) is 2.41. The SMILES string of the molecule is NCC1(NC(=O)c2ccc(Br)cc2Cl)CCCC1. The summed E-state index contributed by atoms with van der Waals surface area (Å²) in [6.07, 6.45) is 4.13. The Kier molecular flexibility index (Phi) is 4.30. The molecule has 18 heavy (non-hydrogen) atoms. The van der Waals surface area contributed by atoms with Crippen LogP contribution in [0.4, 0.5) is 0 Å². The fourth-order valence-corrected chi connectivity index (χ4v) is 3.17. The Balaban J connectivity index is 2.16. The topological polar surface area (TPSA) is 55.1 Å². The number of rotatable bonds is 3. The van der Waals surface area contributed by atoms with Crippen molar-refractivity contribution in [3.8, 4) is 0 Å². The summed E-state index contributed by atoms with van der Waals surface area (Å²) < 4.78 is 0.860. The van der Waals surface area contributed by atoms with Crippen molar-refractivity contribution in [3.63, 3.8) is 0 Å². The smallest absolute Gasteiger partial charge is 0.253 e. The second kappa shape index (κ2) is 5.59. The number of hydrogen-bond donors (Lipinski definition) is 2. The van der Waals surface area contributed by atoms with Gasteiger partial charge in [0.15, 0.2) is 0 Å². The third kappa shape index (κ3) is 2.87. The molecule has 1 aliphatic carbocycles. The first-order chi connectivity index (χ1) is 8.56. The Morgan fingerprint density at radius 2 is 2.11 bits per heavy atom. The largest absolute Gasteiger partial charge is 0.345 e. The number of hydrogen-bond acceptors (Lipinski definition) is 2. The molecule has 1 fully saturated rings. The van der Waals surface area contributed by atoms with E-state index >= 15 is 0 Å². The maximum absolute atomic E-state index is 12.2. The average Bonchev–Trinajstić information content (AvgIpc) is 2.78. The van der Waals surface area contributed by atoms with Crippen LogP contribution in [0.25, 0.3) is 0 Å². The van der Waals surface area contributed by atoms with E-state index in [1.807, 2.05) is 6.07 Å². The van der Waals surface area contributed by atoms with Crippen molar-refractivity contribution in [2.75, 3.05) is 6.54 Å². The molecule has 1 saturated carbocycles. The summed E-state index contributed by atoms with van der Waals surface area (Å²) in [6, 6.07) is 5.26. The van der Waals surface area contributed by atoms with E-state index in [4.69, 9.17) is 17.3 Å². The second-order valence-electron chi connectivity index (χ2n) is 4.77. The molecule has 0 radical (unpaired) electrons. The Hall–Kier alpha value is -0.580. The predicted octanol–water partition coefficient (Wildman–Crippen LogP) is 3.10. The van der Waals surface area contributed by atoms with Crippen molar-refractivity contribution in [3.05, 3.63) is 33.3 Å². The molecule has 5 heteroatoms. The van der Waals surface area contributed by atoms with Crippen LogP contribution in [0.3, 0.4) is 0 Å². The minimum Gasteiger partial charge on any atom is -0.345 e. The van der Waals surface area contributed by atoms with E-state index in [-0.39, 0.29) is 11.4 Å². The summed E-state index contributed by atoms with van der Waals surface area (Å²) in [5.74, 6) is -0.139. The highest BCUT2D eigenvalue weighted by Crippen LogP contribution is 2.29. The normalized spacial score (nSPS) is 17.7. The Bertz CT molecular complexity index is 458. The van der Waals surface area contributed by atoms with E-state index in [1.54, 1.807) is 12.1 Å². The summed E-state index contributed by atoms with van der Waals surface area (Å²) in [6.45, 7) is 0.479. The molecule has 2 rings (SSSR count). The second-order valence-corrected chi connectivity index (χ2v) is 6.09. The molecule has 98 valence electrons. The van der Waals surface area contributed by atoms with Gasteiger partial charge in [-0.2, -0.15) is 0 Å². The lowest BCUT2D eigenvalue weighted by molar-refractivity contribution is 0.0903. The average molecular weight is 332 g/mol. The number of carbonyl (C=O) groups is 1.